The molecule has 3 heterocycles. The predicted molar refractivity (Wildman–Crippen MR) is 99.2 cm³/mol. The van der Waals surface area contributed by atoms with Crippen LogP contribution in [0.2, 0.25) is 0 Å². The average molecular weight is 359 g/mol. The number of nitrogens with one attached hydrogen (secondary N) is 1. The van der Waals surface area contributed by atoms with Gasteiger partial charge in [0.15, 0.2) is 0 Å². The SMILES string of the molecule is CC(NC(=O)C1CCC(=O)N(C)C1c1cnn(C)c1)C1=CCN(C)CC1. The van der Waals surface area contributed by atoms with Gasteiger partial charge in [0.05, 0.1) is 18.2 Å². The highest BCUT2D eigenvalue weighted by Gasteiger charge is 2.39. The van der Waals surface area contributed by atoms with E-state index in [1.165, 1.54) is 5.57 Å². The summed E-state index contributed by atoms with van der Waals surface area (Å²) >= 11 is 0. The summed E-state index contributed by atoms with van der Waals surface area (Å²) in [6, 6.07) is -0.239. The minimum atomic E-state index is -0.261. The van der Waals surface area contributed by atoms with Gasteiger partial charge in [0, 0.05) is 51.4 Å². The van der Waals surface area contributed by atoms with Crippen LogP contribution in [0.4, 0.5) is 0 Å². The number of carbonyl (C=O) groups is 2. The van der Waals surface area contributed by atoms with Gasteiger partial charge in [0.2, 0.25) is 11.8 Å². The Balaban J connectivity index is 1.74. The Labute approximate surface area is 155 Å². The van der Waals surface area contributed by atoms with Crippen molar-refractivity contribution in [2.75, 3.05) is 27.2 Å². The van der Waals surface area contributed by atoms with Crippen molar-refractivity contribution in [3.63, 3.8) is 0 Å². The molecule has 26 heavy (non-hydrogen) atoms. The van der Waals surface area contributed by atoms with Crippen LogP contribution in [0.15, 0.2) is 24.0 Å². The molecule has 1 fully saturated rings. The number of carbonyl (C=O) groups excluding carboxylic acids is 2. The van der Waals surface area contributed by atoms with Crippen LogP contribution < -0.4 is 5.32 Å². The number of nitrogens with zero attached hydrogens (tertiary/aromatic N) is 4. The molecule has 7 heteroatoms. The van der Waals surface area contributed by atoms with Crippen LogP contribution in [0.5, 0.6) is 0 Å². The number of rotatable bonds is 4. The van der Waals surface area contributed by atoms with Crippen LogP contribution in [0.1, 0.15) is 37.8 Å². The van der Waals surface area contributed by atoms with Crippen LogP contribution in [-0.2, 0) is 16.6 Å². The lowest BCUT2D eigenvalue weighted by atomic mass is 9.84. The molecule has 2 aliphatic rings. The van der Waals surface area contributed by atoms with Crippen molar-refractivity contribution in [3.05, 3.63) is 29.6 Å². The molecule has 3 unspecified atom stereocenters. The van der Waals surface area contributed by atoms with Crippen LogP contribution in [0.25, 0.3) is 0 Å². The third-order valence-electron chi connectivity index (χ3n) is 5.63. The molecule has 3 atom stereocenters. The minimum absolute atomic E-state index is 0.0190. The number of piperidine rings is 1. The molecule has 3 rings (SSSR count). The molecule has 7 nitrogen and oxygen atoms in total. The quantitative estimate of drug-likeness (QED) is 0.817. The first-order valence-corrected chi connectivity index (χ1v) is 9.29. The van der Waals surface area contributed by atoms with Crippen molar-refractivity contribution in [3.8, 4) is 0 Å². The molecule has 142 valence electrons. The summed E-state index contributed by atoms with van der Waals surface area (Å²) in [7, 11) is 5.73. The molecule has 0 spiro atoms. The van der Waals surface area contributed by atoms with Crippen molar-refractivity contribution in [2.45, 2.75) is 38.3 Å². The molecular weight excluding hydrogens is 330 g/mol. The Hall–Kier alpha value is -2.15. The van der Waals surface area contributed by atoms with E-state index in [0.29, 0.717) is 12.8 Å². The molecule has 1 aromatic rings. The van der Waals surface area contributed by atoms with Crippen molar-refractivity contribution in [1.29, 1.82) is 0 Å². The van der Waals surface area contributed by atoms with Gasteiger partial charge in [-0.05, 0) is 32.4 Å². The van der Waals surface area contributed by atoms with Gasteiger partial charge in [0.25, 0.3) is 0 Å². The maximum atomic E-state index is 13.0. The summed E-state index contributed by atoms with van der Waals surface area (Å²) in [5.74, 6) is -0.157. The molecule has 0 radical (unpaired) electrons. The number of hydrogen-bond donors (Lipinski definition) is 1. The Kier molecular flexibility index (Phi) is 5.46. The zero-order valence-corrected chi connectivity index (χ0v) is 16.1. The lowest BCUT2D eigenvalue weighted by Crippen LogP contribution is -2.48. The number of likely N-dealkylation sites (N-methyl/N-ethyl adjacent to an activating group) is 1. The van der Waals surface area contributed by atoms with Crippen molar-refractivity contribution < 1.29 is 9.59 Å². The molecule has 1 saturated heterocycles. The largest absolute Gasteiger partial charge is 0.350 e. The fraction of sp³-hybridized carbons (Fsp3) is 0.632. The van der Waals surface area contributed by atoms with Crippen molar-refractivity contribution >= 4 is 11.8 Å². The Morgan fingerprint density at radius 1 is 1.31 bits per heavy atom. The number of aryl methyl sites for hydroxylation is 1. The highest BCUT2D eigenvalue weighted by molar-refractivity contribution is 5.85. The van der Waals surface area contributed by atoms with E-state index in [4.69, 9.17) is 0 Å². The van der Waals surface area contributed by atoms with Gasteiger partial charge < -0.3 is 15.1 Å². The third kappa shape index (κ3) is 3.82. The Morgan fingerprint density at radius 2 is 2.08 bits per heavy atom. The van der Waals surface area contributed by atoms with Gasteiger partial charge >= 0.3 is 0 Å². The van der Waals surface area contributed by atoms with E-state index in [1.807, 2.05) is 20.2 Å². The topological polar surface area (TPSA) is 70.5 Å². The van der Waals surface area contributed by atoms with Gasteiger partial charge in [-0.3, -0.25) is 14.3 Å². The zero-order valence-electron chi connectivity index (χ0n) is 16.1. The molecule has 0 bridgehead atoms. The molecule has 0 aromatic carbocycles. The number of aromatic nitrogens is 2. The molecular formula is C19H29N5O2. The molecule has 1 N–H and O–H groups in total. The standard InChI is InChI=1S/C19H29N5O2/c1-13(14-7-9-22(2)10-8-14)21-19(26)16-5-6-17(25)24(4)18(16)15-11-20-23(3)12-15/h7,11-13,16,18H,5-6,8-10H2,1-4H3,(H,21,26). The second-order valence-corrected chi connectivity index (χ2v) is 7.56. The van der Waals surface area contributed by atoms with E-state index in [1.54, 1.807) is 22.8 Å². The average Bonchev–Trinajstić information content (AvgIpc) is 3.03. The molecule has 0 aliphatic carbocycles. The second-order valence-electron chi connectivity index (χ2n) is 7.56. The summed E-state index contributed by atoms with van der Waals surface area (Å²) in [6.45, 7) is 3.99. The Morgan fingerprint density at radius 3 is 2.69 bits per heavy atom. The van der Waals surface area contributed by atoms with Crippen molar-refractivity contribution in [2.24, 2.45) is 13.0 Å². The zero-order chi connectivity index (χ0) is 18.8. The Bertz CT molecular complexity index is 711. The van der Waals surface area contributed by atoms with E-state index in [-0.39, 0.29) is 29.8 Å². The van der Waals surface area contributed by atoms with Gasteiger partial charge in [-0.1, -0.05) is 6.08 Å². The van der Waals surface area contributed by atoms with E-state index in [0.717, 1.165) is 25.1 Å². The first-order valence-electron chi connectivity index (χ1n) is 9.29. The van der Waals surface area contributed by atoms with Crippen molar-refractivity contribution in [1.82, 2.24) is 24.9 Å². The fourth-order valence-corrected chi connectivity index (χ4v) is 3.95. The second kappa shape index (κ2) is 7.61. The smallest absolute Gasteiger partial charge is 0.226 e. The maximum absolute atomic E-state index is 13.0. The number of amides is 2. The number of likely N-dealkylation sites (tertiary alicyclic amines) is 1. The van der Waals surface area contributed by atoms with Gasteiger partial charge in [0.1, 0.15) is 0 Å². The minimum Gasteiger partial charge on any atom is -0.350 e. The van der Waals surface area contributed by atoms with Crippen LogP contribution in [0, 0.1) is 5.92 Å². The van der Waals surface area contributed by atoms with E-state index in [9.17, 15) is 9.59 Å². The third-order valence-corrected chi connectivity index (χ3v) is 5.63. The van der Waals surface area contributed by atoms with Gasteiger partial charge in [-0.15, -0.1) is 0 Å². The first kappa shape index (κ1) is 18.6. The van der Waals surface area contributed by atoms with Crippen LogP contribution in [0.3, 0.4) is 0 Å². The highest BCUT2D eigenvalue weighted by Crippen LogP contribution is 2.35. The summed E-state index contributed by atoms with van der Waals surface area (Å²) in [4.78, 5) is 29.2. The lowest BCUT2D eigenvalue weighted by molar-refractivity contribution is -0.141. The highest BCUT2D eigenvalue weighted by atomic mass is 16.2. The summed E-state index contributed by atoms with van der Waals surface area (Å²) in [5, 5.41) is 7.40. The first-order chi connectivity index (χ1) is 12.4. The summed E-state index contributed by atoms with van der Waals surface area (Å²) in [6.07, 6.45) is 7.82. The molecule has 1 aromatic heterocycles. The van der Waals surface area contributed by atoms with Crippen LogP contribution in [-0.4, -0.2) is 64.6 Å². The molecule has 2 aliphatic heterocycles. The van der Waals surface area contributed by atoms with Gasteiger partial charge in [-0.25, -0.2) is 0 Å². The lowest BCUT2D eigenvalue weighted by Gasteiger charge is -2.38. The number of hydrogen-bond acceptors (Lipinski definition) is 4. The van der Waals surface area contributed by atoms with E-state index >= 15 is 0 Å². The molecule has 2 amide bonds. The van der Waals surface area contributed by atoms with E-state index in [2.05, 4.69) is 28.4 Å². The summed E-state index contributed by atoms with van der Waals surface area (Å²) in [5.41, 5.74) is 2.20. The normalized spacial score (nSPS) is 25.8. The van der Waals surface area contributed by atoms with E-state index < -0.39 is 0 Å². The monoisotopic (exact) mass is 359 g/mol. The van der Waals surface area contributed by atoms with Gasteiger partial charge in [-0.2, -0.15) is 5.10 Å². The summed E-state index contributed by atoms with van der Waals surface area (Å²) < 4.78 is 1.71. The van der Waals surface area contributed by atoms with Crippen LogP contribution >= 0.6 is 0 Å². The molecule has 0 saturated carbocycles. The predicted octanol–water partition coefficient (Wildman–Crippen LogP) is 1.10. The maximum Gasteiger partial charge on any atom is 0.226 e. The fourth-order valence-electron chi connectivity index (χ4n) is 3.95.